The first-order valence-corrected chi connectivity index (χ1v) is 10.5. The van der Waals surface area contributed by atoms with Crippen LogP contribution in [0.5, 0.6) is 0 Å². The fraction of sp³-hybridized carbons (Fsp3) is 0.417. The molecule has 33 heavy (non-hydrogen) atoms. The number of nitrogens with two attached hydrogens (primary N) is 1. The third-order valence-electron chi connectivity index (χ3n) is 4.68. The molecule has 8 nitrogen and oxygen atoms in total. The largest absolute Gasteiger partial charge is 0.469 e. The fourth-order valence-electron chi connectivity index (χ4n) is 3.03. The highest BCUT2D eigenvalue weighted by molar-refractivity contribution is 5.90. The highest BCUT2D eigenvalue weighted by atomic mass is 19.1. The van der Waals surface area contributed by atoms with Gasteiger partial charge in [0.15, 0.2) is 0 Å². The highest BCUT2D eigenvalue weighted by Crippen LogP contribution is 2.18. The van der Waals surface area contributed by atoms with E-state index in [1.807, 2.05) is 6.07 Å². The Balaban J connectivity index is 2.27. The molecule has 0 bridgehead atoms. The molecule has 0 fully saturated rings. The number of carbonyl (C=O) groups is 3. The Morgan fingerprint density at radius 1 is 1.21 bits per heavy atom. The Kier molecular flexibility index (Phi) is 9.04. The minimum Gasteiger partial charge on any atom is -0.469 e. The molecule has 2 rings (SSSR count). The Morgan fingerprint density at radius 3 is 2.55 bits per heavy atom. The van der Waals surface area contributed by atoms with Crippen molar-refractivity contribution < 1.29 is 28.2 Å². The molecule has 0 aliphatic carbocycles. The van der Waals surface area contributed by atoms with Crippen molar-refractivity contribution in [3.05, 3.63) is 65.2 Å². The maximum absolute atomic E-state index is 14.6. The second kappa shape index (κ2) is 11.5. The summed E-state index contributed by atoms with van der Waals surface area (Å²) in [5.41, 5.74) is 6.39. The summed E-state index contributed by atoms with van der Waals surface area (Å²) in [5, 5.41) is 0. The SMILES string of the molecule is COC(=O)CC(N)C(=O)N(CCc1cccnc1)Cc1cc(C(=O)OC(C)(C)C)ccc1F. The van der Waals surface area contributed by atoms with Crippen LogP contribution in [0.4, 0.5) is 4.39 Å². The molecule has 9 heteroatoms. The number of hydrogen-bond donors (Lipinski definition) is 1. The number of aromatic nitrogens is 1. The minimum atomic E-state index is -1.15. The van der Waals surface area contributed by atoms with Crippen molar-refractivity contribution in [2.75, 3.05) is 13.7 Å². The van der Waals surface area contributed by atoms with Crippen molar-refractivity contribution in [2.24, 2.45) is 5.73 Å². The van der Waals surface area contributed by atoms with Crippen LogP contribution in [-0.4, -0.2) is 53.0 Å². The van der Waals surface area contributed by atoms with Crippen LogP contribution < -0.4 is 5.73 Å². The van der Waals surface area contributed by atoms with Gasteiger partial charge in [0.05, 0.1) is 25.1 Å². The van der Waals surface area contributed by atoms with Gasteiger partial charge in [-0.3, -0.25) is 14.6 Å². The first kappa shape index (κ1) is 25.9. The van der Waals surface area contributed by atoms with Gasteiger partial charge in [0.1, 0.15) is 11.4 Å². The van der Waals surface area contributed by atoms with Gasteiger partial charge in [-0.15, -0.1) is 0 Å². The van der Waals surface area contributed by atoms with E-state index in [1.165, 1.54) is 24.1 Å². The summed E-state index contributed by atoms with van der Waals surface area (Å²) in [7, 11) is 1.21. The number of carbonyl (C=O) groups excluding carboxylic acids is 3. The Labute approximate surface area is 192 Å². The predicted molar refractivity (Wildman–Crippen MR) is 120 cm³/mol. The molecule has 1 atom stereocenters. The van der Waals surface area contributed by atoms with Crippen LogP contribution in [0.1, 0.15) is 48.7 Å². The minimum absolute atomic E-state index is 0.128. The zero-order chi connectivity index (χ0) is 24.6. The zero-order valence-electron chi connectivity index (χ0n) is 19.3. The van der Waals surface area contributed by atoms with Gasteiger partial charge >= 0.3 is 11.9 Å². The van der Waals surface area contributed by atoms with E-state index < -0.39 is 35.3 Å². The molecule has 2 N–H and O–H groups in total. The number of benzene rings is 1. The number of rotatable bonds is 9. The number of pyridine rings is 1. The molecule has 0 radical (unpaired) electrons. The topological polar surface area (TPSA) is 112 Å². The zero-order valence-corrected chi connectivity index (χ0v) is 19.3. The van der Waals surface area contributed by atoms with Crippen LogP contribution in [0.2, 0.25) is 0 Å². The van der Waals surface area contributed by atoms with E-state index in [2.05, 4.69) is 9.72 Å². The lowest BCUT2D eigenvalue weighted by atomic mass is 10.1. The number of hydrogen-bond acceptors (Lipinski definition) is 7. The van der Waals surface area contributed by atoms with Crippen LogP contribution in [0, 0.1) is 5.82 Å². The molecule has 1 aromatic carbocycles. The molecule has 0 saturated heterocycles. The third-order valence-corrected chi connectivity index (χ3v) is 4.68. The average Bonchev–Trinajstić information content (AvgIpc) is 2.76. The van der Waals surface area contributed by atoms with Crippen LogP contribution in [-0.2, 0) is 32.0 Å². The Hall–Kier alpha value is -3.33. The van der Waals surface area contributed by atoms with E-state index >= 15 is 0 Å². The van der Waals surface area contributed by atoms with E-state index in [4.69, 9.17) is 10.5 Å². The molecule has 178 valence electrons. The lowest BCUT2D eigenvalue weighted by Gasteiger charge is -2.26. The summed E-state index contributed by atoms with van der Waals surface area (Å²) >= 11 is 0. The number of halogens is 1. The first-order chi connectivity index (χ1) is 15.5. The Morgan fingerprint density at radius 2 is 1.94 bits per heavy atom. The summed E-state index contributed by atoms with van der Waals surface area (Å²) in [6.45, 7) is 5.26. The van der Waals surface area contributed by atoms with Crippen molar-refractivity contribution in [3.63, 3.8) is 0 Å². The quantitative estimate of drug-likeness (QED) is 0.574. The second-order valence-corrected chi connectivity index (χ2v) is 8.57. The summed E-state index contributed by atoms with van der Waals surface area (Å²) in [4.78, 5) is 42.4. The lowest BCUT2D eigenvalue weighted by Crippen LogP contribution is -2.45. The van der Waals surface area contributed by atoms with Gasteiger partial charge in [-0.2, -0.15) is 0 Å². The number of ether oxygens (including phenoxy) is 2. The van der Waals surface area contributed by atoms with E-state index in [-0.39, 0.29) is 30.6 Å². The first-order valence-electron chi connectivity index (χ1n) is 10.5. The number of amides is 1. The van der Waals surface area contributed by atoms with Crippen molar-refractivity contribution in [1.29, 1.82) is 0 Å². The van der Waals surface area contributed by atoms with Gasteiger partial charge in [0, 0.05) is 31.0 Å². The second-order valence-electron chi connectivity index (χ2n) is 8.57. The van der Waals surface area contributed by atoms with Gasteiger partial charge < -0.3 is 20.1 Å². The maximum atomic E-state index is 14.6. The molecule has 0 aliphatic heterocycles. The summed E-state index contributed by atoms with van der Waals surface area (Å²) in [6, 6.07) is 6.33. The van der Waals surface area contributed by atoms with Crippen molar-refractivity contribution in [3.8, 4) is 0 Å². The van der Waals surface area contributed by atoms with Gasteiger partial charge in [-0.1, -0.05) is 6.07 Å². The van der Waals surface area contributed by atoms with Crippen LogP contribution >= 0.6 is 0 Å². The maximum Gasteiger partial charge on any atom is 0.338 e. The summed E-state index contributed by atoms with van der Waals surface area (Å²) < 4.78 is 24.6. The molecular formula is C24H30FN3O5. The Bertz CT molecular complexity index is 976. The highest BCUT2D eigenvalue weighted by Gasteiger charge is 2.25. The van der Waals surface area contributed by atoms with Gasteiger partial charge in [-0.05, 0) is 57.0 Å². The van der Waals surface area contributed by atoms with E-state index in [0.29, 0.717) is 6.42 Å². The van der Waals surface area contributed by atoms with Gasteiger partial charge in [0.25, 0.3) is 0 Å². The monoisotopic (exact) mass is 459 g/mol. The average molecular weight is 460 g/mol. The lowest BCUT2D eigenvalue weighted by molar-refractivity contribution is -0.144. The number of methoxy groups -OCH3 is 1. The molecule has 1 heterocycles. The number of nitrogens with zero attached hydrogens (tertiary/aromatic N) is 2. The molecule has 0 saturated carbocycles. The smallest absolute Gasteiger partial charge is 0.338 e. The third kappa shape index (κ3) is 8.27. The molecular weight excluding hydrogens is 429 g/mol. The molecule has 2 aromatic rings. The molecule has 0 spiro atoms. The van der Waals surface area contributed by atoms with Gasteiger partial charge in [-0.25, -0.2) is 9.18 Å². The van der Waals surface area contributed by atoms with Crippen molar-refractivity contribution in [1.82, 2.24) is 9.88 Å². The summed E-state index contributed by atoms with van der Waals surface area (Å²) in [5.74, 6) is -2.34. The van der Waals surface area contributed by atoms with E-state index in [1.54, 1.807) is 39.2 Å². The van der Waals surface area contributed by atoms with Crippen LogP contribution in [0.3, 0.4) is 0 Å². The standard InChI is InChI=1S/C24H30FN3O5/c1-24(2,3)33-23(31)17-7-8-19(25)18(12-17)15-28(11-9-16-6-5-10-27-14-16)22(30)20(26)13-21(29)32-4/h5-8,10,12,14,20H,9,11,13,15,26H2,1-4H3. The number of esters is 2. The van der Waals surface area contributed by atoms with Crippen LogP contribution in [0.25, 0.3) is 0 Å². The van der Waals surface area contributed by atoms with E-state index in [0.717, 1.165) is 11.6 Å². The summed E-state index contributed by atoms with van der Waals surface area (Å²) in [6.07, 6.45) is 3.44. The predicted octanol–water partition coefficient (Wildman–Crippen LogP) is 2.64. The molecule has 1 aromatic heterocycles. The normalized spacial score (nSPS) is 12.1. The van der Waals surface area contributed by atoms with Crippen molar-refractivity contribution >= 4 is 17.8 Å². The molecule has 1 amide bonds. The van der Waals surface area contributed by atoms with Crippen molar-refractivity contribution in [2.45, 2.75) is 51.8 Å². The van der Waals surface area contributed by atoms with E-state index in [9.17, 15) is 18.8 Å². The molecule has 1 unspecified atom stereocenters. The van der Waals surface area contributed by atoms with Gasteiger partial charge in [0.2, 0.25) is 5.91 Å². The van der Waals surface area contributed by atoms with Crippen LogP contribution in [0.15, 0.2) is 42.7 Å². The molecule has 0 aliphatic rings. The fourth-order valence-corrected chi connectivity index (χ4v) is 3.03.